The van der Waals surface area contributed by atoms with Gasteiger partial charge in [-0.1, -0.05) is 39.0 Å². The molecule has 7 heteroatoms. The summed E-state index contributed by atoms with van der Waals surface area (Å²) in [5.41, 5.74) is 3.24. The normalized spacial score (nSPS) is 20.0. The third kappa shape index (κ3) is 3.95. The molecule has 5 nitrogen and oxygen atoms in total. The number of hydrogen-bond donors (Lipinski definition) is 2. The lowest BCUT2D eigenvalue weighted by molar-refractivity contribution is 0.0739. The molecule has 0 bridgehead atoms. The average Bonchev–Trinajstić information content (AvgIpc) is 3.41. The summed E-state index contributed by atoms with van der Waals surface area (Å²) in [6, 6.07) is 10.8. The zero-order chi connectivity index (χ0) is 22.5. The van der Waals surface area contributed by atoms with Gasteiger partial charge in [0, 0.05) is 4.88 Å². The molecule has 1 aliphatic heterocycles. The first-order chi connectivity index (χ1) is 15.3. The number of fused-ring (bicyclic) bond motifs is 3. The van der Waals surface area contributed by atoms with E-state index in [1.807, 2.05) is 23.6 Å². The second-order valence-electron chi connectivity index (χ2n) is 9.50. The summed E-state index contributed by atoms with van der Waals surface area (Å²) >= 11 is 3.08. The van der Waals surface area contributed by atoms with Crippen LogP contribution in [0.2, 0.25) is 0 Å². The summed E-state index contributed by atoms with van der Waals surface area (Å²) < 4.78 is 5.44. The summed E-state index contributed by atoms with van der Waals surface area (Å²) in [4.78, 5) is 27.1. The third-order valence-electron chi connectivity index (χ3n) is 6.41. The number of hydrogen-bond acceptors (Lipinski definition) is 6. The monoisotopic (exact) mass is 466 g/mol. The van der Waals surface area contributed by atoms with E-state index >= 15 is 0 Å². The van der Waals surface area contributed by atoms with Crippen molar-refractivity contribution in [1.82, 2.24) is 5.32 Å². The number of thiophene rings is 2. The first-order valence-corrected chi connectivity index (χ1v) is 12.6. The van der Waals surface area contributed by atoms with E-state index in [1.165, 1.54) is 21.8 Å². The van der Waals surface area contributed by atoms with E-state index < -0.39 is 0 Å². The molecule has 1 aromatic carbocycles. The quantitative estimate of drug-likeness (QED) is 0.365. The lowest BCUT2D eigenvalue weighted by Gasteiger charge is -2.34. The molecular weight excluding hydrogens is 440 g/mol. The van der Waals surface area contributed by atoms with Gasteiger partial charge in [-0.25, -0.2) is 4.79 Å². The fourth-order valence-electron chi connectivity index (χ4n) is 4.48. The van der Waals surface area contributed by atoms with Crippen molar-refractivity contribution in [3.8, 4) is 5.75 Å². The number of esters is 1. The van der Waals surface area contributed by atoms with E-state index in [0.29, 0.717) is 16.5 Å². The summed E-state index contributed by atoms with van der Waals surface area (Å²) in [6.07, 6.45) is 2.82. The van der Waals surface area contributed by atoms with Crippen LogP contribution in [0.4, 0.5) is 5.00 Å². The smallest absolute Gasteiger partial charge is 0.353 e. The Labute approximate surface area is 195 Å². The Morgan fingerprint density at radius 2 is 1.91 bits per heavy atom. The van der Waals surface area contributed by atoms with E-state index in [1.54, 1.807) is 29.5 Å². The Kier molecular flexibility index (Phi) is 5.34. The van der Waals surface area contributed by atoms with Gasteiger partial charge in [-0.05, 0) is 65.3 Å². The number of carbonyl (C=O) groups is 2. The van der Waals surface area contributed by atoms with Crippen LogP contribution >= 0.6 is 22.7 Å². The van der Waals surface area contributed by atoms with Gasteiger partial charge < -0.3 is 15.4 Å². The first-order valence-electron chi connectivity index (χ1n) is 10.9. The fraction of sp³-hybridized carbons (Fsp3) is 0.360. The third-order valence-corrected chi connectivity index (χ3v) is 8.45. The van der Waals surface area contributed by atoms with E-state index in [2.05, 4.69) is 31.4 Å². The highest BCUT2D eigenvalue weighted by molar-refractivity contribution is 7.16. The van der Waals surface area contributed by atoms with Gasteiger partial charge in [0.05, 0.1) is 5.56 Å². The summed E-state index contributed by atoms with van der Waals surface area (Å²) in [6.45, 7) is 6.91. The molecule has 5 rings (SSSR count). The van der Waals surface area contributed by atoms with Crippen LogP contribution in [0.1, 0.15) is 69.4 Å². The standard InChI is InChI=1S/C25H26N2O3S2/c1-25(2,3)15-8-11-17-19(13-15)32-23-20(17)22(28)26-21(27-23)14-6-9-16(10-7-14)30-24(29)18-5-4-12-31-18/h4-7,9-10,12,15,21,27H,8,11,13H2,1-3H3,(H,26,28). The molecule has 0 saturated heterocycles. The van der Waals surface area contributed by atoms with E-state index in [4.69, 9.17) is 4.74 Å². The number of ether oxygens (including phenoxy) is 1. The van der Waals surface area contributed by atoms with Crippen LogP contribution in [0.5, 0.6) is 5.75 Å². The SMILES string of the molecule is CC(C)(C)C1CCc2c(sc3c2C(=O)NC(c2ccc(OC(=O)c4cccs4)cc2)N3)C1. The van der Waals surface area contributed by atoms with Crippen LogP contribution in [0, 0.1) is 11.3 Å². The maximum atomic E-state index is 13.0. The van der Waals surface area contributed by atoms with Crippen LogP contribution in [-0.4, -0.2) is 11.9 Å². The van der Waals surface area contributed by atoms with E-state index in [-0.39, 0.29) is 23.5 Å². The maximum Gasteiger partial charge on any atom is 0.353 e. The molecular formula is C25H26N2O3S2. The Morgan fingerprint density at radius 1 is 1.12 bits per heavy atom. The number of carbonyl (C=O) groups excluding carboxylic acids is 2. The molecule has 2 aliphatic rings. The predicted molar refractivity (Wildman–Crippen MR) is 129 cm³/mol. The van der Waals surface area contributed by atoms with Crippen molar-refractivity contribution >= 4 is 39.6 Å². The molecule has 2 N–H and O–H groups in total. The number of rotatable bonds is 3. The first kappa shape index (κ1) is 21.2. The number of amides is 1. The van der Waals surface area contributed by atoms with Crippen LogP contribution in [0.15, 0.2) is 41.8 Å². The van der Waals surface area contributed by atoms with Gasteiger partial charge in [0.1, 0.15) is 21.8 Å². The Hall–Kier alpha value is -2.64. The second-order valence-corrected chi connectivity index (χ2v) is 11.6. The van der Waals surface area contributed by atoms with Gasteiger partial charge in [0.15, 0.2) is 0 Å². The summed E-state index contributed by atoms with van der Waals surface area (Å²) in [5.74, 6) is 0.746. The molecule has 3 aromatic rings. The average molecular weight is 467 g/mol. The van der Waals surface area contributed by atoms with Crippen LogP contribution in [0.3, 0.4) is 0 Å². The van der Waals surface area contributed by atoms with Gasteiger partial charge in [-0.2, -0.15) is 0 Å². The molecule has 0 saturated carbocycles. The van der Waals surface area contributed by atoms with Crippen molar-refractivity contribution in [2.75, 3.05) is 5.32 Å². The van der Waals surface area contributed by atoms with Gasteiger partial charge in [-0.3, -0.25) is 4.79 Å². The number of nitrogens with one attached hydrogen (secondary N) is 2. The fourth-order valence-corrected chi connectivity index (χ4v) is 6.44. The van der Waals surface area contributed by atoms with Gasteiger partial charge in [0.25, 0.3) is 5.91 Å². The predicted octanol–water partition coefficient (Wildman–Crippen LogP) is 6.03. The van der Waals surface area contributed by atoms with Crippen molar-refractivity contribution in [3.63, 3.8) is 0 Å². The van der Waals surface area contributed by atoms with Gasteiger partial charge in [-0.15, -0.1) is 22.7 Å². The summed E-state index contributed by atoms with van der Waals surface area (Å²) in [5, 5.41) is 9.43. The Morgan fingerprint density at radius 3 is 2.59 bits per heavy atom. The zero-order valence-corrected chi connectivity index (χ0v) is 20.0. The van der Waals surface area contributed by atoms with Crippen molar-refractivity contribution in [2.24, 2.45) is 11.3 Å². The number of anilines is 1. The molecule has 1 aliphatic carbocycles. The topological polar surface area (TPSA) is 67.4 Å². The minimum Gasteiger partial charge on any atom is -0.422 e. The van der Waals surface area contributed by atoms with Crippen LogP contribution in [-0.2, 0) is 12.8 Å². The number of benzene rings is 1. The van der Waals surface area contributed by atoms with Crippen LogP contribution < -0.4 is 15.4 Å². The van der Waals surface area contributed by atoms with Crippen molar-refractivity contribution in [1.29, 1.82) is 0 Å². The van der Waals surface area contributed by atoms with E-state index in [9.17, 15) is 9.59 Å². The minimum absolute atomic E-state index is 0.0105. The molecule has 1 amide bonds. The lowest BCUT2D eigenvalue weighted by Crippen LogP contribution is -2.38. The van der Waals surface area contributed by atoms with Crippen LogP contribution in [0.25, 0.3) is 0 Å². The lowest BCUT2D eigenvalue weighted by atomic mass is 9.72. The van der Waals surface area contributed by atoms with E-state index in [0.717, 1.165) is 35.4 Å². The summed E-state index contributed by atoms with van der Waals surface area (Å²) in [7, 11) is 0. The molecule has 2 atom stereocenters. The minimum atomic E-state index is -0.362. The molecule has 2 unspecified atom stereocenters. The molecule has 0 fully saturated rings. The van der Waals surface area contributed by atoms with Gasteiger partial charge in [0.2, 0.25) is 0 Å². The highest BCUT2D eigenvalue weighted by atomic mass is 32.1. The highest BCUT2D eigenvalue weighted by Crippen LogP contribution is 2.46. The Bertz CT molecular complexity index is 1160. The van der Waals surface area contributed by atoms with Crippen molar-refractivity contribution in [2.45, 2.75) is 46.2 Å². The Balaban J connectivity index is 1.32. The molecule has 0 radical (unpaired) electrons. The zero-order valence-electron chi connectivity index (χ0n) is 18.4. The van der Waals surface area contributed by atoms with Crippen molar-refractivity contribution < 1.29 is 14.3 Å². The molecule has 0 spiro atoms. The second kappa shape index (κ2) is 8.05. The highest BCUT2D eigenvalue weighted by Gasteiger charge is 2.36. The molecule has 166 valence electrons. The molecule has 3 heterocycles. The molecule has 2 aromatic heterocycles. The maximum absolute atomic E-state index is 13.0. The molecule has 32 heavy (non-hydrogen) atoms. The largest absolute Gasteiger partial charge is 0.422 e. The van der Waals surface area contributed by atoms with Gasteiger partial charge >= 0.3 is 5.97 Å². The van der Waals surface area contributed by atoms with Crippen molar-refractivity contribution in [3.05, 3.63) is 68.2 Å².